The van der Waals surface area contributed by atoms with Gasteiger partial charge in [0, 0.05) is 5.56 Å². The minimum Gasteiger partial charge on any atom is -0.475 e. The summed E-state index contributed by atoms with van der Waals surface area (Å²) in [5.41, 5.74) is 0.652. The Balaban J connectivity index is 1.96. The van der Waals surface area contributed by atoms with Crippen LogP contribution < -0.4 is 4.72 Å². The van der Waals surface area contributed by atoms with Gasteiger partial charge in [-0.2, -0.15) is 0 Å². The van der Waals surface area contributed by atoms with Crippen LogP contribution in [0.15, 0.2) is 70.0 Å². The average Bonchev–Trinajstić information content (AvgIpc) is 3.08. The number of hydrogen-bond acceptors (Lipinski definition) is 4. The lowest BCUT2D eigenvalue weighted by Crippen LogP contribution is -2.13. The molecule has 1 aromatic heterocycles. The highest BCUT2D eigenvalue weighted by molar-refractivity contribution is 7.92. The largest absolute Gasteiger partial charge is 0.475 e. The normalized spacial score (nSPS) is 11.2. The van der Waals surface area contributed by atoms with Crippen LogP contribution in [0.4, 0.5) is 5.69 Å². The van der Waals surface area contributed by atoms with Gasteiger partial charge in [0.2, 0.25) is 5.76 Å². The van der Waals surface area contributed by atoms with E-state index in [1.54, 1.807) is 24.3 Å². The third-order valence-electron chi connectivity index (χ3n) is 3.37. The van der Waals surface area contributed by atoms with Crippen molar-refractivity contribution in [3.63, 3.8) is 0 Å². The summed E-state index contributed by atoms with van der Waals surface area (Å²) in [7, 11) is -3.80. The van der Waals surface area contributed by atoms with E-state index >= 15 is 0 Å². The molecule has 25 heavy (non-hydrogen) atoms. The van der Waals surface area contributed by atoms with Gasteiger partial charge in [0.05, 0.1) is 15.6 Å². The molecule has 3 aromatic rings. The quantitative estimate of drug-likeness (QED) is 0.697. The van der Waals surface area contributed by atoms with Crippen molar-refractivity contribution in [1.82, 2.24) is 0 Å². The molecule has 0 bridgehead atoms. The second-order valence-corrected chi connectivity index (χ2v) is 7.17. The van der Waals surface area contributed by atoms with E-state index < -0.39 is 16.0 Å². The highest BCUT2D eigenvalue weighted by Crippen LogP contribution is 2.31. The number of carboxylic acid groups (broad SMARTS) is 1. The molecule has 6 nitrogen and oxygen atoms in total. The minimum atomic E-state index is -3.80. The summed E-state index contributed by atoms with van der Waals surface area (Å²) in [5.74, 6) is -1.11. The molecule has 0 aliphatic carbocycles. The summed E-state index contributed by atoms with van der Waals surface area (Å²) in [6.45, 7) is 0. The van der Waals surface area contributed by atoms with Crippen LogP contribution >= 0.6 is 11.6 Å². The lowest BCUT2D eigenvalue weighted by Gasteiger charge is -2.10. The molecule has 2 N–H and O–H groups in total. The Morgan fingerprint density at radius 1 is 1.04 bits per heavy atom. The van der Waals surface area contributed by atoms with Crippen LogP contribution in [0.3, 0.4) is 0 Å². The van der Waals surface area contributed by atoms with Crippen molar-refractivity contribution in [3.05, 3.63) is 71.4 Å². The summed E-state index contributed by atoms with van der Waals surface area (Å²) < 4.78 is 32.5. The maximum atomic E-state index is 12.4. The highest BCUT2D eigenvalue weighted by Gasteiger charge is 2.17. The van der Waals surface area contributed by atoms with Crippen molar-refractivity contribution in [2.45, 2.75) is 4.90 Å². The fraction of sp³-hybridized carbons (Fsp3) is 0. The Kier molecular flexibility index (Phi) is 4.52. The van der Waals surface area contributed by atoms with Crippen LogP contribution in [0.25, 0.3) is 11.3 Å². The molecule has 8 heteroatoms. The van der Waals surface area contributed by atoms with E-state index in [-0.39, 0.29) is 27.1 Å². The van der Waals surface area contributed by atoms with Crippen molar-refractivity contribution in [1.29, 1.82) is 0 Å². The van der Waals surface area contributed by atoms with E-state index in [0.717, 1.165) is 0 Å². The standard InChI is InChI=1S/C17H12ClNO5S/c18-13-7-6-11(15-8-9-16(24-15)17(20)21)10-14(13)19-25(22,23)12-4-2-1-3-5-12/h1-10,19H,(H,20,21). The Morgan fingerprint density at radius 2 is 1.76 bits per heavy atom. The number of sulfonamides is 1. The molecule has 3 rings (SSSR count). The van der Waals surface area contributed by atoms with E-state index in [0.29, 0.717) is 5.56 Å². The zero-order chi connectivity index (χ0) is 18.0. The number of anilines is 1. The molecule has 1 heterocycles. The van der Waals surface area contributed by atoms with Gasteiger partial charge in [-0.3, -0.25) is 4.72 Å². The maximum absolute atomic E-state index is 12.4. The third-order valence-corrected chi connectivity index (χ3v) is 5.08. The molecule has 0 saturated heterocycles. The van der Waals surface area contributed by atoms with Crippen LogP contribution in [0.5, 0.6) is 0 Å². The first-order valence-corrected chi connectivity index (χ1v) is 8.94. The van der Waals surface area contributed by atoms with E-state index in [9.17, 15) is 13.2 Å². The molecule has 0 radical (unpaired) electrons. The molecule has 0 atom stereocenters. The van der Waals surface area contributed by atoms with Gasteiger partial charge in [0.15, 0.2) is 0 Å². The van der Waals surface area contributed by atoms with Gasteiger partial charge >= 0.3 is 5.97 Å². The first-order valence-electron chi connectivity index (χ1n) is 7.08. The van der Waals surface area contributed by atoms with Crippen LogP contribution in [-0.2, 0) is 10.0 Å². The van der Waals surface area contributed by atoms with Crippen molar-refractivity contribution in [2.24, 2.45) is 0 Å². The number of carboxylic acids is 1. The molecule has 2 aromatic carbocycles. The molecule has 0 aliphatic rings. The fourth-order valence-corrected chi connectivity index (χ4v) is 3.48. The van der Waals surface area contributed by atoms with Gasteiger partial charge in [-0.25, -0.2) is 13.2 Å². The molecule has 0 unspecified atom stereocenters. The number of halogens is 1. The molecule has 0 aliphatic heterocycles. The lowest BCUT2D eigenvalue weighted by molar-refractivity contribution is 0.0663. The molecular weight excluding hydrogens is 366 g/mol. The van der Waals surface area contributed by atoms with Gasteiger partial charge in [0.25, 0.3) is 10.0 Å². The Labute approximate surface area is 148 Å². The first kappa shape index (κ1) is 17.1. The van der Waals surface area contributed by atoms with Crippen molar-refractivity contribution < 1.29 is 22.7 Å². The summed E-state index contributed by atoms with van der Waals surface area (Å²) in [5, 5.41) is 9.12. The second kappa shape index (κ2) is 6.62. The molecule has 0 fully saturated rings. The molecule has 0 amide bonds. The fourth-order valence-electron chi connectivity index (χ4n) is 2.17. The predicted octanol–water partition coefficient (Wildman–Crippen LogP) is 4.10. The lowest BCUT2D eigenvalue weighted by atomic mass is 10.1. The summed E-state index contributed by atoms with van der Waals surface area (Å²) in [6, 6.07) is 15.3. The highest BCUT2D eigenvalue weighted by atomic mass is 35.5. The van der Waals surface area contributed by atoms with Gasteiger partial charge in [-0.1, -0.05) is 29.8 Å². The van der Waals surface area contributed by atoms with Crippen molar-refractivity contribution >= 4 is 33.3 Å². The van der Waals surface area contributed by atoms with Gasteiger partial charge < -0.3 is 9.52 Å². The Bertz CT molecular complexity index is 1030. The van der Waals surface area contributed by atoms with Crippen molar-refractivity contribution in [2.75, 3.05) is 4.72 Å². The number of aromatic carboxylic acids is 1. The number of nitrogens with one attached hydrogen (secondary N) is 1. The molecule has 128 valence electrons. The first-order chi connectivity index (χ1) is 11.9. The zero-order valence-corrected chi connectivity index (χ0v) is 14.2. The van der Waals surface area contributed by atoms with E-state index in [1.165, 1.54) is 36.4 Å². The predicted molar refractivity (Wildman–Crippen MR) is 93.4 cm³/mol. The number of carbonyl (C=O) groups is 1. The number of hydrogen-bond donors (Lipinski definition) is 2. The van der Waals surface area contributed by atoms with Crippen LogP contribution in [0, 0.1) is 0 Å². The topological polar surface area (TPSA) is 96.6 Å². The second-order valence-electron chi connectivity index (χ2n) is 5.08. The van der Waals surface area contributed by atoms with E-state index in [1.807, 2.05) is 0 Å². The van der Waals surface area contributed by atoms with Crippen LogP contribution in [-0.4, -0.2) is 19.5 Å². The molecular formula is C17H12ClNO5S. The zero-order valence-electron chi connectivity index (χ0n) is 12.6. The molecule has 0 saturated carbocycles. The smallest absolute Gasteiger partial charge is 0.371 e. The van der Waals surface area contributed by atoms with Crippen LogP contribution in [0.1, 0.15) is 10.6 Å². The van der Waals surface area contributed by atoms with E-state index in [2.05, 4.69) is 4.72 Å². The number of benzene rings is 2. The van der Waals surface area contributed by atoms with Crippen molar-refractivity contribution in [3.8, 4) is 11.3 Å². The summed E-state index contributed by atoms with van der Waals surface area (Å²) >= 11 is 6.08. The Hall–Kier alpha value is -2.77. The van der Waals surface area contributed by atoms with E-state index in [4.69, 9.17) is 21.1 Å². The average molecular weight is 378 g/mol. The molecule has 0 spiro atoms. The maximum Gasteiger partial charge on any atom is 0.371 e. The number of furan rings is 1. The third kappa shape index (κ3) is 3.67. The summed E-state index contributed by atoms with van der Waals surface area (Å²) in [4.78, 5) is 11.0. The van der Waals surface area contributed by atoms with Crippen LogP contribution in [0.2, 0.25) is 5.02 Å². The van der Waals surface area contributed by atoms with Gasteiger partial charge in [0.1, 0.15) is 5.76 Å². The monoisotopic (exact) mass is 377 g/mol. The van der Waals surface area contributed by atoms with Gasteiger partial charge in [-0.05, 0) is 42.5 Å². The summed E-state index contributed by atoms with van der Waals surface area (Å²) in [6.07, 6.45) is 0. The minimum absolute atomic E-state index is 0.0997. The van der Waals surface area contributed by atoms with Gasteiger partial charge in [-0.15, -0.1) is 0 Å². The Morgan fingerprint density at radius 3 is 2.40 bits per heavy atom. The SMILES string of the molecule is O=C(O)c1ccc(-c2ccc(Cl)c(NS(=O)(=O)c3ccccc3)c2)o1. The number of rotatable bonds is 5.